The lowest BCUT2D eigenvalue weighted by molar-refractivity contribution is 0.477. The number of pyridine rings is 1. The van der Waals surface area contributed by atoms with Gasteiger partial charge in [-0.25, -0.2) is 9.67 Å². The van der Waals surface area contributed by atoms with Gasteiger partial charge in [-0.2, -0.15) is 5.10 Å². The molecule has 0 unspecified atom stereocenters. The molecule has 184 valence electrons. The minimum Gasteiger partial charge on any atom is -0.507 e. The highest BCUT2D eigenvalue weighted by Gasteiger charge is 2.19. The molecule has 39 heavy (non-hydrogen) atoms. The van der Waals surface area contributed by atoms with Crippen molar-refractivity contribution in [2.75, 3.05) is 0 Å². The number of benzene rings is 5. The predicted octanol–water partition coefficient (Wildman–Crippen LogP) is 8.25. The van der Waals surface area contributed by atoms with Crippen molar-refractivity contribution in [2.45, 2.75) is 0 Å². The first-order chi connectivity index (χ1) is 19.3. The van der Waals surface area contributed by atoms with Crippen LogP contribution in [-0.2, 0) is 0 Å². The van der Waals surface area contributed by atoms with Crippen LogP contribution in [0, 0.1) is 0 Å². The fourth-order valence-corrected chi connectivity index (χ4v) is 5.66. The Labute approximate surface area is 223 Å². The number of phenolic OH excluding ortho intramolecular Hbond substituents is 1. The van der Waals surface area contributed by atoms with Crippen molar-refractivity contribution >= 4 is 43.6 Å². The van der Waals surface area contributed by atoms with Crippen molar-refractivity contribution < 1.29 is 5.11 Å². The van der Waals surface area contributed by atoms with E-state index in [0.29, 0.717) is 11.3 Å². The summed E-state index contributed by atoms with van der Waals surface area (Å²) in [6, 6.07) is 40.5. The summed E-state index contributed by atoms with van der Waals surface area (Å²) >= 11 is 0. The van der Waals surface area contributed by atoms with E-state index in [2.05, 4.69) is 77.8 Å². The molecule has 5 aromatic carbocycles. The maximum Gasteiger partial charge on any atom is 0.124 e. The molecule has 3 aromatic heterocycles. The van der Waals surface area contributed by atoms with Crippen LogP contribution in [0.1, 0.15) is 0 Å². The number of hydrogen-bond acceptors (Lipinski definition) is 3. The van der Waals surface area contributed by atoms with Gasteiger partial charge in [-0.05, 0) is 36.4 Å². The SMILES string of the molecule is Oc1ccccc1-c1ccc2cccc(-n3nc(-c4cccc5c4[nH]c4ccccc45)c4ccccc43)c2n1. The van der Waals surface area contributed by atoms with E-state index in [1.54, 1.807) is 6.07 Å². The Morgan fingerprint density at radius 2 is 1.36 bits per heavy atom. The standard InChI is InChI=1S/C34H22N4O/c39-31-18-6-3-11-24(31)28-20-19-21-9-7-17-30(32(21)35-28)38-29-16-5-2-12-25(29)34(37-38)26-14-8-13-23-22-10-1-4-15-27(22)36-33(23)26/h1-20,36,39H. The van der Waals surface area contributed by atoms with Crippen molar-refractivity contribution in [3.8, 4) is 34.0 Å². The zero-order chi connectivity index (χ0) is 25.9. The summed E-state index contributed by atoms with van der Waals surface area (Å²) in [5.74, 6) is 0.208. The summed E-state index contributed by atoms with van der Waals surface area (Å²) in [5.41, 5.74) is 8.28. The molecule has 0 aliphatic rings. The van der Waals surface area contributed by atoms with E-state index >= 15 is 0 Å². The zero-order valence-corrected chi connectivity index (χ0v) is 20.8. The van der Waals surface area contributed by atoms with Gasteiger partial charge >= 0.3 is 0 Å². The second-order valence-corrected chi connectivity index (χ2v) is 9.74. The molecule has 0 amide bonds. The van der Waals surface area contributed by atoms with Crippen LogP contribution in [0.25, 0.3) is 71.8 Å². The van der Waals surface area contributed by atoms with Gasteiger partial charge in [0, 0.05) is 38.2 Å². The molecule has 0 spiro atoms. The molecule has 8 aromatic rings. The second-order valence-electron chi connectivity index (χ2n) is 9.74. The van der Waals surface area contributed by atoms with Crippen LogP contribution >= 0.6 is 0 Å². The van der Waals surface area contributed by atoms with Crippen LogP contribution < -0.4 is 0 Å². The number of nitrogens with zero attached hydrogens (tertiary/aromatic N) is 3. The number of H-pyrrole nitrogens is 1. The molecule has 0 radical (unpaired) electrons. The van der Waals surface area contributed by atoms with Crippen molar-refractivity contribution in [1.82, 2.24) is 19.7 Å². The number of fused-ring (bicyclic) bond motifs is 5. The van der Waals surface area contributed by atoms with Crippen LogP contribution in [0.2, 0.25) is 0 Å². The highest BCUT2D eigenvalue weighted by atomic mass is 16.3. The molecule has 8 rings (SSSR count). The van der Waals surface area contributed by atoms with Gasteiger partial charge in [0.05, 0.1) is 27.9 Å². The van der Waals surface area contributed by atoms with Crippen molar-refractivity contribution in [3.63, 3.8) is 0 Å². The Morgan fingerprint density at radius 3 is 2.28 bits per heavy atom. The Bertz CT molecular complexity index is 2210. The molecule has 2 N–H and O–H groups in total. The van der Waals surface area contributed by atoms with Crippen LogP contribution in [-0.4, -0.2) is 24.9 Å². The third-order valence-corrected chi connectivity index (χ3v) is 7.49. The van der Waals surface area contributed by atoms with E-state index in [-0.39, 0.29) is 5.75 Å². The average molecular weight is 503 g/mol. The third kappa shape index (κ3) is 3.27. The van der Waals surface area contributed by atoms with Crippen LogP contribution in [0.15, 0.2) is 121 Å². The first kappa shape index (κ1) is 21.6. The maximum absolute atomic E-state index is 10.5. The molecule has 0 aliphatic carbocycles. The normalized spacial score (nSPS) is 11.7. The lowest BCUT2D eigenvalue weighted by atomic mass is 10.0. The first-order valence-corrected chi connectivity index (χ1v) is 12.9. The van der Waals surface area contributed by atoms with Gasteiger partial charge < -0.3 is 10.1 Å². The quantitative estimate of drug-likeness (QED) is 0.256. The minimum absolute atomic E-state index is 0.208. The molecule has 0 saturated heterocycles. The zero-order valence-electron chi connectivity index (χ0n) is 20.8. The Hall–Kier alpha value is -5.42. The molecule has 3 heterocycles. The van der Waals surface area contributed by atoms with E-state index in [1.165, 1.54) is 10.8 Å². The van der Waals surface area contributed by atoms with Crippen LogP contribution in [0.5, 0.6) is 5.75 Å². The molecule has 0 atom stereocenters. The number of phenols is 1. The maximum atomic E-state index is 10.5. The summed E-state index contributed by atoms with van der Waals surface area (Å²) in [6.45, 7) is 0. The summed E-state index contributed by atoms with van der Waals surface area (Å²) in [5, 5.41) is 20.2. The molecule has 5 heteroatoms. The van der Waals surface area contributed by atoms with E-state index in [9.17, 15) is 5.11 Å². The van der Waals surface area contributed by atoms with Crippen molar-refractivity contribution in [2.24, 2.45) is 0 Å². The molecule has 0 fully saturated rings. The Morgan fingerprint density at radius 1 is 0.615 bits per heavy atom. The second kappa shape index (κ2) is 8.30. The number of rotatable bonds is 3. The molecule has 0 bridgehead atoms. The predicted molar refractivity (Wildman–Crippen MR) is 158 cm³/mol. The van der Waals surface area contributed by atoms with Crippen molar-refractivity contribution in [3.05, 3.63) is 121 Å². The van der Waals surface area contributed by atoms with Crippen LogP contribution in [0.3, 0.4) is 0 Å². The Balaban J connectivity index is 1.40. The van der Waals surface area contributed by atoms with E-state index in [1.807, 2.05) is 47.1 Å². The number of para-hydroxylation sites is 5. The van der Waals surface area contributed by atoms with Gasteiger partial charge in [0.1, 0.15) is 11.4 Å². The molecule has 5 nitrogen and oxygen atoms in total. The molecule has 0 saturated carbocycles. The van der Waals surface area contributed by atoms with Gasteiger partial charge in [0.15, 0.2) is 0 Å². The number of hydrogen-bond donors (Lipinski definition) is 2. The third-order valence-electron chi connectivity index (χ3n) is 7.49. The molecular weight excluding hydrogens is 480 g/mol. The topological polar surface area (TPSA) is 66.7 Å². The van der Waals surface area contributed by atoms with E-state index in [4.69, 9.17) is 10.1 Å². The summed E-state index contributed by atoms with van der Waals surface area (Å²) in [4.78, 5) is 8.66. The first-order valence-electron chi connectivity index (χ1n) is 12.9. The molecular formula is C34H22N4O. The van der Waals surface area contributed by atoms with Gasteiger partial charge in [-0.1, -0.05) is 84.9 Å². The monoisotopic (exact) mass is 502 g/mol. The van der Waals surface area contributed by atoms with Gasteiger partial charge in [-0.3, -0.25) is 0 Å². The summed E-state index contributed by atoms with van der Waals surface area (Å²) in [7, 11) is 0. The average Bonchev–Trinajstić information content (AvgIpc) is 3.56. The highest BCUT2D eigenvalue weighted by molar-refractivity contribution is 6.13. The summed E-state index contributed by atoms with van der Waals surface area (Å²) < 4.78 is 2.00. The van der Waals surface area contributed by atoms with E-state index in [0.717, 1.165) is 49.8 Å². The highest BCUT2D eigenvalue weighted by Crippen LogP contribution is 2.37. The molecule has 0 aliphatic heterocycles. The minimum atomic E-state index is 0.208. The number of aromatic nitrogens is 4. The fraction of sp³-hybridized carbons (Fsp3) is 0. The van der Waals surface area contributed by atoms with Crippen LogP contribution in [0.4, 0.5) is 0 Å². The smallest absolute Gasteiger partial charge is 0.124 e. The number of aromatic hydroxyl groups is 1. The van der Waals surface area contributed by atoms with Crippen molar-refractivity contribution in [1.29, 1.82) is 0 Å². The fourth-order valence-electron chi connectivity index (χ4n) is 5.66. The summed E-state index contributed by atoms with van der Waals surface area (Å²) in [6.07, 6.45) is 0. The van der Waals surface area contributed by atoms with Gasteiger partial charge in [0.2, 0.25) is 0 Å². The van der Waals surface area contributed by atoms with Gasteiger partial charge in [0.25, 0.3) is 0 Å². The lowest BCUT2D eigenvalue weighted by Gasteiger charge is -2.10. The van der Waals surface area contributed by atoms with E-state index < -0.39 is 0 Å². The number of nitrogens with one attached hydrogen (secondary N) is 1. The Kier molecular flexibility index (Phi) is 4.60. The lowest BCUT2D eigenvalue weighted by Crippen LogP contribution is -1.99. The largest absolute Gasteiger partial charge is 0.507 e. The van der Waals surface area contributed by atoms with Gasteiger partial charge in [-0.15, -0.1) is 0 Å². The number of aromatic amines is 1.